The zero-order valence-electron chi connectivity index (χ0n) is 9.87. The molecule has 2 aromatic rings. The van der Waals surface area contributed by atoms with Gasteiger partial charge in [0.05, 0.1) is 10.6 Å². The van der Waals surface area contributed by atoms with E-state index in [-0.39, 0.29) is 22.2 Å². The molecule has 0 fully saturated rings. The van der Waals surface area contributed by atoms with Gasteiger partial charge in [-0.25, -0.2) is 18.4 Å². The number of nitrogens with zero attached hydrogens (tertiary/aromatic N) is 2. The minimum Gasteiger partial charge on any atom is -0.397 e. The molecule has 0 bridgehead atoms. The van der Waals surface area contributed by atoms with E-state index in [2.05, 4.69) is 9.97 Å². The predicted octanol–water partition coefficient (Wildman–Crippen LogP) is 1.34. The second-order valence-electron chi connectivity index (χ2n) is 3.91. The lowest BCUT2D eigenvalue weighted by Gasteiger charge is -2.08. The summed E-state index contributed by atoms with van der Waals surface area (Å²) in [5.74, 6) is 0.0139. The molecule has 0 aliphatic rings. The van der Waals surface area contributed by atoms with Gasteiger partial charge in [-0.15, -0.1) is 0 Å². The zero-order chi connectivity index (χ0) is 13.2. The molecular formula is C12H13N3O2S. The average Bonchev–Trinajstić information content (AvgIpc) is 2.33. The van der Waals surface area contributed by atoms with Gasteiger partial charge in [-0.3, -0.25) is 0 Å². The van der Waals surface area contributed by atoms with Crippen molar-refractivity contribution in [2.75, 3.05) is 5.73 Å². The lowest BCUT2D eigenvalue weighted by molar-refractivity contribution is 0.594. The number of rotatable bonds is 3. The van der Waals surface area contributed by atoms with Crippen LogP contribution in [0.15, 0.2) is 41.6 Å². The Morgan fingerprint density at radius 3 is 2.50 bits per heavy atom. The fourth-order valence-corrected chi connectivity index (χ4v) is 3.00. The van der Waals surface area contributed by atoms with Crippen LogP contribution in [0.3, 0.4) is 0 Å². The van der Waals surface area contributed by atoms with E-state index in [0.29, 0.717) is 0 Å². The smallest absolute Gasteiger partial charge is 0.187 e. The molecule has 0 radical (unpaired) electrons. The minimum atomic E-state index is -3.52. The molecule has 18 heavy (non-hydrogen) atoms. The third-order valence-corrected chi connectivity index (χ3v) is 4.22. The molecule has 0 spiro atoms. The highest BCUT2D eigenvalue weighted by Gasteiger charge is 2.20. The summed E-state index contributed by atoms with van der Waals surface area (Å²) in [6, 6.07) is 6.58. The summed E-state index contributed by atoms with van der Waals surface area (Å²) in [6.07, 6.45) is 3.02. The lowest BCUT2D eigenvalue weighted by atomic mass is 10.2. The molecule has 6 heteroatoms. The standard InChI is InChI=1S/C12H13N3O2S/c1-9-4-2-5-10(12(9)13)18(16,17)8-11-14-6-3-7-15-11/h2-7H,8,13H2,1H3. The molecule has 0 saturated carbocycles. The third kappa shape index (κ3) is 2.48. The Balaban J connectivity index is 2.41. The van der Waals surface area contributed by atoms with Crippen molar-refractivity contribution in [1.29, 1.82) is 0 Å². The maximum Gasteiger partial charge on any atom is 0.187 e. The van der Waals surface area contributed by atoms with Gasteiger partial charge in [0.15, 0.2) is 9.84 Å². The second kappa shape index (κ2) is 4.73. The molecule has 0 atom stereocenters. The van der Waals surface area contributed by atoms with Crippen molar-refractivity contribution in [3.8, 4) is 0 Å². The summed E-state index contributed by atoms with van der Waals surface area (Å²) < 4.78 is 24.4. The molecule has 94 valence electrons. The van der Waals surface area contributed by atoms with E-state index in [4.69, 9.17) is 5.73 Å². The van der Waals surface area contributed by atoms with Gasteiger partial charge < -0.3 is 5.73 Å². The van der Waals surface area contributed by atoms with Crippen molar-refractivity contribution >= 4 is 15.5 Å². The Hall–Kier alpha value is -1.95. The Labute approximate surface area is 106 Å². The normalized spacial score (nSPS) is 11.4. The van der Waals surface area contributed by atoms with Gasteiger partial charge in [-0.2, -0.15) is 0 Å². The van der Waals surface area contributed by atoms with Gasteiger partial charge in [0.2, 0.25) is 0 Å². The largest absolute Gasteiger partial charge is 0.397 e. The third-order valence-electron chi connectivity index (χ3n) is 2.56. The van der Waals surface area contributed by atoms with Crippen LogP contribution < -0.4 is 5.73 Å². The monoisotopic (exact) mass is 263 g/mol. The van der Waals surface area contributed by atoms with Crippen LogP contribution in [0, 0.1) is 6.92 Å². The molecule has 0 unspecified atom stereocenters. The summed E-state index contributed by atoms with van der Waals surface area (Å²) in [5, 5.41) is 0. The number of hydrogen-bond donors (Lipinski definition) is 1. The topological polar surface area (TPSA) is 85.9 Å². The number of para-hydroxylation sites is 1. The van der Waals surface area contributed by atoms with Gasteiger partial charge in [0.1, 0.15) is 11.6 Å². The second-order valence-corrected chi connectivity index (χ2v) is 5.87. The van der Waals surface area contributed by atoms with Crippen LogP contribution in [0.25, 0.3) is 0 Å². The van der Waals surface area contributed by atoms with Crippen LogP contribution >= 0.6 is 0 Å². The predicted molar refractivity (Wildman–Crippen MR) is 68.5 cm³/mol. The summed E-state index contributed by atoms with van der Waals surface area (Å²) in [5.41, 5.74) is 6.83. The van der Waals surface area contributed by atoms with E-state index >= 15 is 0 Å². The van der Waals surface area contributed by atoms with Gasteiger partial charge in [-0.1, -0.05) is 12.1 Å². The molecule has 1 aromatic carbocycles. The van der Waals surface area contributed by atoms with E-state index in [9.17, 15) is 8.42 Å². The first-order chi connectivity index (χ1) is 8.50. The molecule has 0 saturated heterocycles. The van der Waals surface area contributed by atoms with E-state index < -0.39 is 9.84 Å². The van der Waals surface area contributed by atoms with Crippen LogP contribution in [0.2, 0.25) is 0 Å². The number of anilines is 1. The summed E-state index contributed by atoms with van der Waals surface area (Å²) in [7, 11) is -3.52. The number of nitrogen functional groups attached to an aromatic ring is 1. The van der Waals surface area contributed by atoms with E-state index in [1.54, 1.807) is 25.1 Å². The van der Waals surface area contributed by atoms with E-state index in [1.807, 2.05) is 0 Å². The van der Waals surface area contributed by atoms with Crippen molar-refractivity contribution < 1.29 is 8.42 Å². The Bertz CT molecular complexity index is 654. The highest BCUT2D eigenvalue weighted by molar-refractivity contribution is 7.90. The van der Waals surface area contributed by atoms with Crippen LogP contribution in [0.4, 0.5) is 5.69 Å². The summed E-state index contributed by atoms with van der Waals surface area (Å²) in [6.45, 7) is 1.77. The van der Waals surface area contributed by atoms with Crippen molar-refractivity contribution in [2.24, 2.45) is 0 Å². The molecule has 2 N–H and O–H groups in total. The molecule has 1 aromatic heterocycles. The van der Waals surface area contributed by atoms with Crippen molar-refractivity contribution in [2.45, 2.75) is 17.6 Å². The first-order valence-electron chi connectivity index (χ1n) is 5.34. The maximum atomic E-state index is 12.2. The Kier molecular flexibility index (Phi) is 3.29. The number of benzene rings is 1. The highest BCUT2D eigenvalue weighted by atomic mass is 32.2. The summed E-state index contributed by atoms with van der Waals surface area (Å²) in [4.78, 5) is 7.96. The Morgan fingerprint density at radius 2 is 1.83 bits per heavy atom. The quantitative estimate of drug-likeness (QED) is 0.844. The van der Waals surface area contributed by atoms with Gasteiger partial charge >= 0.3 is 0 Å². The molecule has 1 heterocycles. The molecule has 5 nitrogen and oxygen atoms in total. The number of hydrogen-bond acceptors (Lipinski definition) is 5. The SMILES string of the molecule is Cc1cccc(S(=O)(=O)Cc2ncccn2)c1N. The van der Waals surface area contributed by atoms with Crippen LogP contribution in [-0.2, 0) is 15.6 Å². The zero-order valence-corrected chi connectivity index (χ0v) is 10.7. The van der Waals surface area contributed by atoms with Crippen LogP contribution in [0.5, 0.6) is 0 Å². The van der Waals surface area contributed by atoms with E-state index in [0.717, 1.165) is 5.56 Å². The van der Waals surface area contributed by atoms with Crippen molar-refractivity contribution in [1.82, 2.24) is 9.97 Å². The number of aryl methyl sites for hydroxylation is 1. The van der Waals surface area contributed by atoms with Gasteiger partial charge in [0, 0.05) is 12.4 Å². The fourth-order valence-electron chi connectivity index (χ4n) is 1.58. The number of aromatic nitrogens is 2. The first kappa shape index (κ1) is 12.5. The average molecular weight is 263 g/mol. The first-order valence-corrected chi connectivity index (χ1v) is 6.99. The van der Waals surface area contributed by atoms with Crippen molar-refractivity contribution in [3.05, 3.63) is 48.0 Å². The Morgan fingerprint density at radius 1 is 1.17 bits per heavy atom. The number of nitrogens with two attached hydrogens (primary N) is 1. The molecule has 2 rings (SSSR count). The highest BCUT2D eigenvalue weighted by Crippen LogP contribution is 2.24. The lowest BCUT2D eigenvalue weighted by Crippen LogP contribution is -2.10. The molecule has 0 amide bonds. The maximum absolute atomic E-state index is 12.2. The van der Waals surface area contributed by atoms with Gasteiger partial charge in [0.25, 0.3) is 0 Å². The number of sulfone groups is 1. The van der Waals surface area contributed by atoms with Crippen LogP contribution in [0.1, 0.15) is 11.4 Å². The van der Waals surface area contributed by atoms with Crippen molar-refractivity contribution in [3.63, 3.8) is 0 Å². The summed E-state index contributed by atoms with van der Waals surface area (Å²) >= 11 is 0. The molecular weight excluding hydrogens is 250 g/mol. The molecule has 0 aliphatic carbocycles. The van der Waals surface area contributed by atoms with Crippen LogP contribution in [-0.4, -0.2) is 18.4 Å². The minimum absolute atomic E-state index is 0.134. The van der Waals surface area contributed by atoms with Gasteiger partial charge in [-0.05, 0) is 24.6 Å². The fraction of sp³-hybridized carbons (Fsp3) is 0.167. The molecule has 0 aliphatic heterocycles. The van der Waals surface area contributed by atoms with E-state index in [1.165, 1.54) is 18.5 Å².